The van der Waals surface area contributed by atoms with Gasteiger partial charge in [-0.25, -0.2) is 8.42 Å². The van der Waals surface area contributed by atoms with Gasteiger partial charge in [-0.1, -0.05) is 17.7 Å². The van der Waals surface area contributed by atoms with Crippen LogP contribution < -0.4 is 10.0 Å². The third-order valence-corrected chi connectivity index (χ3v) is 5.60. The van der Waals surface area contributed by atoms with Crippen LogP contribution in [0.4, 0.5) is 11.4 Å². The van der Waals surface area contributed by atoms with Gasteiger partial charge in [0.25, 0.3) is 10.0 Å². The Bertz CT molecular complexity index is 834. The van der Waals surface area contributed by atoms with Crippen LogP contribution in [0.2, 0.25) is 5.02 Å². The van der Waals surface area contributed by atoms with Crippen LogP contribution in [0.5, 0.6) is 0 Å². The minimum absolute atomic E-state index is 0.265. The van der Waals surface area contributed by atoms with E-state index in [4.69, 9.17) is 11.6 Å². The lowest BCUT2D eigenvalue weighted by Crippen LogP contribution is -2.14. The van der Waals surface area contributed by atoms with E-state index in [1.165, 1.54) is 0 Å². The Labute approximate surface area is 135 Å². The number of benzene rings is 2. The molecule has 0 unspecified atom stereocenters. The van der Waals surface area contributed by atoms with E-state index in [1.54, 1.807) is 37.3 Å². The molecule has 0 bridgehead atoms. The normalized spacial score (nSPS) is 17.0. The van der Waals surface area contributed by atoms with Crippen molar-refractivity contribution >= 4 is 33.0 Å². The summed E-state index contributed by atoms with van der Waals surface area (Å²) < 4.78 is 27.8. The zero-order chi connectivity index (χ0) is 15.9. The number of nitrogens with one attached hydrogen (secondary N) is 2. The monoisotopic (exact) mass is 336 g/mol. The maximum atomic E-state index is 12.6. The second-order valence-corrected chi connectivity index (χ2v) is 7.68. The minimum Gasteiger partial charge on any atom is -0.382 e. The molecule has 4 nitrogen and oxygen atoms in total. The van der Waals surface area contributed by atoms with Gasteiger partial charge >= 0.3 is 0 Å². The number of sulfonamides is 1. The van der Waals surface area contributed by atoms with Crippen LogP contribution in [0, 0.1) is 6.92 Å². The number of hydrogen-bond donors (Lipinski definition) is 2. The summed E-state index contributed by atoms with van der Waals surface area (Å²) in [5.41, 5.74) is 3.24. The first-order chi connectivity index (χ1) is 10.4. The highest BCUT2D eigenvalue weighted by Gasteiger charge is 2.21. The highest BCUT2D eigenvalue weighted by molar-refractivity contribution is 7.92. The second kappa shape index (κ2) is 5.48. The van der Waals surface area contributed by atoms with E-state index < -0.39 is 10.0 Å². The fraction of sp³-hybridized carbons (Fsp3) is 0.250. The smallest absolute Gasteiger partial charge is 0.261 e. The van der Waals surface area contributed by atoms with Gasteiger partial charge in [-0.05, 0) is 61.7 Å². The molecule has 2 N–H and O–H groups in total. The van der Waals surface area contributed by atoms with Gasteiger partial charge in [-0.3, -0.25) is 4.72 Å². The zero-order valence-electron chi connectivity index (χ0n) is 12.4. The summed E-state index contributed by atoms with van der Waals surface area (Å²) in [6.45, 7) is 3.86. The third-order valence-electron chi connectivity index (χ3n) is 3.83. The average Bonchev–Trinajstić information content (AvgIpc) is 2.82. The van der Waals surface area contributed by atoms with Crippen LogP contribution in [0.3, 0.4) is 0 Å². The van der Waals surface area contributed by atoms with Crippen molar-refractivity contribution in [3.05, 3.63) is 52.5 Å². The molecule has 0 radical (unpaired) electrons. The van der Waals surface area contributed by atoms with Crippen LogP contribution in [-0.2, 0) is 16.4 Å². The second-order valence-electron chi connectivity index (χ2n) is 5.59. The average molecular weight is 337 g/mol. The van der Waals surface area contributed by atoms with Gasteiger partial charge in [0.05, 0.1) is 10.6 Å². The van der Waals surface area contributed by atoms with E-state index in [0.717, 1.165) is 17.7 Å². The van der Waals surface area contributed by atoms with Gasteiger partial charge in [0.15, 0.2) is 0 Å². The first-order valence-electron chi connectivity index (χ1n) is 7.04. The van der Waals surface area contributed by atoms with Gasteiger partial charge in [0.1, 0.15) is 0 Å². The molecule has 22 heavy (non-hydrogen) atoms. The van der Waals surface area contributed by atoms with Crippen LogP contribution in [0.25, 0.3) is 0 Å². The first-order valence-corrected chi connectivity index (χ1v) is 8.90. The molecule has 1 atom stereocenters. The molecule has 0 amide bonds. The highest BCUT2D eigenvalue weighted by Crippen LogP contribution is 2.30. The van der Waals surface area contributed by atoms with Gasteiger partial charge in [0, 0.05) is 16.8 Å². The van der Waals surface area contributed by atoms with Crippen molar-refractivity contribution in [2.24, 2.45) is 0 Å². The Balaban J connectivity index is 1.94. The number of halogens is 1. The van der Waals surface area contributed by atoms with Crippen LogP contribution >= 0.6 is 11.6 Å². The topological polar surface area (TPSA) is 58.2 Å². The summed E-state index contributed by atoms with van der Waals surface area (Å²) in [7, 11) is -3.63. The SMILES string of the molecule is Cc1c(Cl)cccc1NS(=O)(=O)c1ccc2c(c1)C[C@@H](C)N2. The molecule has 2 aromatic rings. The van der Waals surface area contributed by atoms with Gasteiger partial charge in [0.2, 0.25) is 0 Å². The summed E-state index contributed by atoms with van der Waals surface area (Å²) in [6, 6.07) is 10.7. The predicted octanol–water partition coefficient (Wildman–Crippen LogP) is 3.81. The minimum atomic E-state index is -3.63. The molecule has 1 heterocycles. The largest absolute Gasteiger partial charge is 0.382 e. The molecule has 0 saturated carbocycles. The molecule has 0 spiro atoms. The van der Waals surface area contributed by atoms with E-state index in [0.29, 0.717) is 22.3 Å². The Morgan fingerprint density at radius 3 is 2.82 bits per heavy atom. The molecule has 0 fully saturated rings. The van der Waals surface area contributed by atoms with Crippen molar-refractivity contribution in [2.75, 3.05) is 10.0 Å². The Morgan fingerprint density at radius 1 is 1.27 bits per heavy atom. The van der Waals surface area contributed by atoms with Crippen molar-refractivity contribution in [2.45, 2.75) is 31.2 Å². The van der Waals surface area contributed by atoms with Crippen molar-refractivity contribution in [1.29, 1.82) is 0 Å². The van der Waals surface area contributed by atoms with Crippen LogP contribution in [0.1, 0.15) is 18.1 Å². The zero-order valence-corrected chi connectivity index (χ0v) is 13.9. The van der Waals surface area contributed by atoms with E-state index in [1.807, 2.05) is 6.07 Å². The predicted molar refractivity (Wildman–Crippen MR) is 90.2 cm³/mol. The van der Waals surface area contributed by atoms with Crippen molar-refractivity contribution in [3.8, 4) is 0 Å². The fourth-order valence-electron chi connectivity index (χ4n) is 2.62. The molecule has 0 aromatic heterocycles. The summed E-state index contributed by atoms with van der Waals surface area (Å²) in [4.78, 5) is 0.265. The maximum Gasteiger partial charge on any atom is 0.261 e. The fourth-order valence-corrected chi connectivity index (χ4v) is 3.96. The number of fused-ring (bicyclic) bond motifs is 1. The van der Waals surface area contributed by atoms with Gasteiger partial charge in [-0.2, -0.15) is 0 Å². The first kappa shape index (κ1) is 15.2. The summed E-state index contributed by atoms with van der Waals surface area (Å²) in [5, 5.41) is 3.84. The van der Waals surface area contributed by atoms with E-state index >= 15 is 0 Å². The number of hydrogen-bond acceptors (Lipinski definition) is 3. The summed E-state index contributed by atoms with van der Waals surface area (Å²) >= 11 is 6.04. The Hall–Kier alpha value is -1.72. The van der Waals surface area contributed by atoms with E-state index in [2.05, 4.69) is 17.0 Å². The van der Waals surface area contributed by atoms with E-state index in [9.17, 15) is 8.42 Å². The lowest BCUT2D eigenvalue weighted by molar-refractivity contribution is 0.601. The summed E-state index contributed by atoms with van der Waals surface area (Å²) in [6.07, 6.45) is 0.828. The maximum absolute atomic E-state index is 12.6. The highest BCUT2D eigenvalue weighted by atomic mass is 35.5. The number of anilines is 2. The van der Waals surface area contributed by atoms with Crippen LogP contribution in [0.15, 0.2) is 41.3 Å². The van der Waals surface area contributed by atoms with Crippen molar-refractivity contribution < 1.29 is 8.42 Å². The standard InChI is InChI=1S/C16H17ClN2O2S/c1-10-8-12-9-13(6-7-16(12)18-10)22(20,21)19-15-5-3-4-14(17)11(15)2/h3-7,9-10,18-19H,8H2,1-2H3/t10-/m1/s1. The molecule has 6 heteroatoms. The lowest BCUT2D eigenvalue weighted by Gasteiger charge is -2.12. The molecule has 3 rings (SSSR count). The van der Waals surface area contributed by atoms with Gasteiger partial charge in [-0.15, -0.1) is 0 Å². The number of rotatable bonds is 3. The lowest BCUT2D eigenvalue weighted by atomic mass is 10.1. The third kappa shape index (κ3) is 2.78. The van der Waals surface area contributed by atoms with Crippen LogP contribution in [-0.4, -0.2) is 14.5 Å². The molecule has 1 aliphatic heterocycles. The molecular formula is C16H17ClN2O2S. The molecular weight excluding hydrogens is 320 g/mol. The Kier molecular flexibility index (Phi) is 3.78. The molecule has 0 aliphatic carbocycles. The molecule has 2 aromatic carbocycles. The van der Waals surface area contributed by atoms with Crippen molar-refractivity contribution in [3.63, 3.8) is 0 Å². The molecule has 116 valence electrons. The quantitative estimate of drug-likeness (QED) is 0.896. The van der Waals surface area contributed by atoms with E-state index in [-0.39, 0.29) is 4.90 Å². The molecule has 1 aliphatic rings. The summed E-state index contributed by atoms with van der Waals surface area (Å²) in [5.74, 6) is 0. The Morgan fingerprint density at radius 2 is 2.05 bits per heavy atom. The van der Waals surface area contributed by atoms with Crippen molar-refractivity contribution in [1.82, 2.24) is 0 Å². The van der Waals surface area contributed by atoms with Gasteiger partial charge < -0.3 is 5.32 Å². The molecule has 0 saturated heterocycles.